The largest absolute Gasteiger partial charge is 0.374 e. The van der Waals surface area contributed by atoms with Crippen molar-refractivity contribution in [1.82, 2.24) is 9.97 Å². The molecule has 112 valence electrons. The first-order valence-corrected chi connectivity index (χ1v) is 8.03. The van der Waals surface area contributed by atoms with Gasteiger partial charge in [0.2, 0.25) is 0 Å². The van der Waals surface area contributed by atoms with Crippen molar-refractivity contribution >= 4 is 29.2 Å². The van der Waals surface area contributed by atoms with E-state index in [2.05, 4.69) is 15.3 Å². The fourth-order valence-corrected chi connectivity index (χ4v) is 2.64. The Morgan fingerprint density at radius 1 is 1.19 bits per heavy atom. The molecule has 0 spiro atoms. The second kappa shape index (κ2) is 8.22. The summed E-state index contributed by atoms with van der Waals surface area (Å²) in [4.78, 5) is 10.0. The highest BCUT2D eigenvalue weighted by Crippen LogP contribution is 2.28. The molecule has 1 heterocycles. The highest BCUT2D eigenvalue weighted by Gasteiger charge is 2.06. The number of halogens is 1. The molecule has 21 heavy (non-hydrogen) atoms. The molecule has 0 amide bonds. The van der Waals surface area contributed by atoms with Crippen LogP contribution in [0.2, 0.25) is 5.02 Å². The van der Waals surface area contributed by atoms with Gasteiger partial charge in [-0.25, -0.2) is 9.97 Å². The van der Waals surface area contributed by atoms with Crippen LogP contribution >= 0.6 is 23.4 Å². The summed E-state index contributed by atoms with van der Waals surface area (Å²) in [5.74, 6) is 1.51. The Kier molecular flexibility index (Phi) is 6.29. The van der Waals surface area contributed by atoms with E-state index < -0.39 is 0 Å². The van der Waals surface area contributed by atoms with Gasteiger partial charge in [-0.05, 0) is 38.1 Å². The topological polar surface area (TPSA) is 47.0 Å². The van der Waals surface area contributed by atoms with Crippen molar-refractivity contribution in [3.05, 3.63) is 41.2 Å². The zero-order valence-corrected chi connectivity index (χ0v) is 13.7. The molecule has 4 nitrogen and oxygen atoms in total. The fraction of sp³-hybridized carbons (Fsp3) is 0.333. The van der Waals surface area contributed by atoms with E-state index in [9.17, 15) is 0 Å². The summed E-state index contributed by atoms with van der Waals surface area (Å²) in [6.07, 6.45) is 0. The Labute approximate surface area is 134 Å². The average Bonchev–Trinajstić information content (AvgIpc) is 2.48. The summed E-state index contributed by atoms with van der Waals surface area (Å²) in [5, 5.41) is 4.83. The average molecular weight is 324 g/mol. The summed E-state index contributed by atoms with van der Waals surface area (Å²) in [6, 6.07) is 9.64. The molecule has 0 bridgehead atoms. The first-order chi connectivity index (χ1) is 10.2. The highest BCUT2D eigenvalue weighted by molar-refractivity contribution is 7.99. The van der Waals surface area contributed by atoms with Gasteiger partial charge in [-0.3, -0.25) is 0 Å². The molecule has 0 aliphatic carbocycles. The van der Waals surface area contributed by atoms with E-state index in [0.29, 0.717) is 19.0 Å². The van der Waals surface area contributed by atoms with Crippen molar-refractivity contribution in [2.75, 3.05) is 18.5 Å². The van der Waals surface area contributed by atoms with E-state index in [-0.39, 0.29) is 0 Å². The van der Waals surface area contributed by atoms with Crippen LogP contribution in [0, 0.1) is 0 Å². The molecular formula is C15H18ClN3OS. The number of nitrogens with one attached hydrogen (secondary N) is 1. The van der Waals surface area contributed by atoms with Gasteiger partial charge in [0.05, 0.1) is 0 Å². The lowest BCUT2D eigenvalue weighted by Gasteiger charge is -2.09. The Bertz CT molecular complexity index is 578. The van der Waals surface area contributed by atoms with Gasteiger partial charge in [0.25, 0.3) is 0 Å². The predicted octanol–water partition coefficient (Wildman–Crippen LogP) is 4.25. The number of anilines is 1. The number of hydrogen-bond donors (Lipinski definition) is 1. The van der Waals surface area contributed by atoms with Gasteiger partial charge in [0, 0.05) is 29.1 Å². The SMILES string of the molecule is CCNc1cc(Sc2ccc(Cl)cc2)nc(COCC)n1. The number of benzene rings is 1. The second-order valence-corrected chi connectivity index (χ2v) is 5.76. The first kappa shape index (κ1) is 16.1. The molecule has 0 fully saturated rings. The molecule has 6 heteroatoms. The zero-order valence-electron chi connectivity index (χ0n) is 12.1. The number of nitrogens with zero attached hydrogens (tertiary/aromatic N) is 2. The molecular weight excluding hydrogens is 306 g/mol. The normalized spacial score (nSPS) is 10.6. The minimum atomic E-state index is 0.421. The maximum Gasteiger partial charge on any atom is 0.157 e. The van der Waals surface area contributed by atoms with E-state index >= 15 is 0 Å². The minimum Gasteiger partial charge on any atom is -0.374 e. The third-order valence-corrected chi connectivity index (χ3v) is 3.76. The molecule has 2 aromatic rings. The van der Waals surface area contributed by atoms with Gasteiger partial charge >= 0.3 is 0 Å². The molecule has 0 aliphatic rings. The van der Waals surface area contributed by atoms with Crippen LogP contribution in [0.5, 0.6) is 0 Å². The Balaban J connectivity index is 2.19. The molecule has 0 atom stereocenters. The van der Waals surface area contributed by atoms with E-state index in [1.54, 1.807) is 11.8 Å². The first-order valence-electron chi connectivity index (χ1n) is 6.84. The Morgan fingerprint density at radius 3 is 2.62 bits per heavy atom. The van der Waals surface area contributed by atoms with Crippen molar-refractivity contribution < 1.29 is 4.74 Å². The van der Waals surface area contributed by atoms with Crippen LogP contribution in [-0.4, -0.2) is 23.1 Å². The molecule has 0 saturated carbocycles. The lowest BCUT2D eigenvalue weighted by Crippen LogP contribution is -2.05. The number of hydrogen-bond acceptors (Lipinski definition) is 5. The third-order valence-electron chi connectivity index (χ3n) is 2.58. The smallest absolute Gasteiger partial charge is 0.157 e. The van der Waals surface area contributed by atoms with E-state index in [4.69, 9.17) is 16.3 Å². The molecule has 2 rings (SSSR count). The summed E-state index contributed by atoms with van der Waals surface area (Å²) < 4.78 is 5.39. The minimum absolute atomic E-state index is 0.421. The van der Waals surface area contributed by atoms with Crippen LogP contribution in [0.3, 0.4) is 0 Å². The van der Waals surface area contributed by atoms with Crippen molar-refractivity contribution in [3.8, 4) is 0 Å². The maximum atomic E-state index is 5.90. The Hall–Kier alpha value is -1.30. The van der Waals surface area contributed by atoms with E-state index in [1.165, 1.54) is 0 Å². The van der Waals surface area contributed by atoms with Crippen LogP contribution in [-0.2, 0) is 11.3 Å². The number of rotatable bonds is 7. The van der Waals surface area contributed by atoms with Gasteiger partial charge in [0.1, 0.15) is 17.5 Å². The summed E-state index contributed by atoms with van der Waals surface area (Å²) in [6.45, 7) is 5.88. The molecule has 1 N–H and O–H groups in total. The van der Waals surface area contributed by atoms with Crippen LogP contribution in [0.25, 0.3) is 0 Å². The monoisotopic (exact) mass is 323 g/mol. The lowest BCUT2D eigenvalue weighted by molar-refractivity contribution is 0.128. The second-order valence-electron chi connectivity index (χ2n) is 4.23. The van der Waals surface area contributed by atoms with Crippen molar-refractivity contribution in [3.63, 3.8) is 0 Å². The quantitative estimate of drug-likeness (QED) is 0.772. The van der Waals surface area contributed by atoms with Crippen LogP contribution in [0.4, 0.5) is 5.82 Å². The molecule has 1 aromatic carbocycles. The van der Waals surface area contributed by atoms with Crippen LogP contribution in [0.15, 0.2) is 40.3 Å². The fourth-order valence-electron chi connectivity index (χ4n) is 1.68. The van der Waals surface area contributed by atoms with Crippen molar-refractivity contribution in [2.24, 2.45) is 0 Å². The molecule has 0 aliphatic heterocycles. The van der Waals surface area contributed by atoms with Gasteiger partial charge in [-0.2, -0.15) is 0 Å². The third kappa shape index (κ3) is 5.19. The summed E-state index contributed by atoms with van der Waals surface area (Å²) >= 11 is 7.48. The molecule has 1 aromatic heterocycles. The maximum absolute atomic E-state index is 5.90. The number of aromatic nitrogens is 2. The van der Waals surface area contributed by atoms with E-state index in [0.717, 1.165) is 27.3 Å². The van der Waals surface area contributed by atoms with Crippen LogP contribution < -0.4 is 5.32 Å². The highest BCUT2D eigenvalue weighted by atomic mass is 35.5. The van der Waals surface area contributed by atoms with Gasteiger partial charge in [-0.1, -0.05) is 23.4 Å². The standard InChI is InChI=1S/C15H18ClN3OS/c1-3-17-13-9-15(19-14(18-13)10-20-4-2)21-12-7-5-11(16)6-8-12/h5-9H,3-4,10H2,1-2H3,(H,17,18,19). The summed E-state index contributed by atoms with van der Waals surface area (Å²) in [7, 11) is 0. The van der Waals surface area contributed by atoms with E-state index in [1.807, 2.05) is 44.2 Å². The van der Waals surface area contributed by atoms with Gasteiger partial charge in [-0.15, -0.1) is 0 Å². The predicted molar refractivity (Wildman–Crippen MR) is 87.1 cm³/mol. The molecule has 0 unspecified atom stereocenters. The van der Waals surface area contributed by atoms with Gasteiger partial charge in [0.15, 0.2) is 5.82 Å². The van der Waals surface area contributed by atoms with Crippen molar-refractivity contribution in [2.45, 2.75) is 30.4 Å². The molecule has 0 saturated heterocycles. The lowest BCUT2D eigenvalue weighted by atomic mass is 10.4. The Morgan fingerprint density at radius 2 is 1.95 bits per heavy atom. The van der Waals surface area contributed by atoms with Crippen molar-refractivity contribution in [1.29, 1.82) is 0 Å². The van der Waals surface area contributed by atoms with Gasteiger partial charge < -0.3 is 10.1 Å². The summed E-state index contributed by atoms with van der Waals surface area (Å²) in [5.41, 5.74) is 0. The van der Waals surface area contributed by atoms with Crippen LogP contribution in [0.1, 0.15) is 19.7 Å². The zero-order chi connectivity index (χ0) is 15.1. The molecule has 0 radical (unpaired) electrons. The number of ether oxygens (including phenoxy) is 1.